The van der Waals surface area contributed by atoms with Crippen LogP contribution >= 0.6 is 11.3 Å². The van der Waals surface area contributed by atoms with Gasteiger partial charge in [-0.3, -0.25) is 4.79 Å². The van der Waals surface area contributed by atoms with Gasteiger partial charge in [0.2, 0.25) is 5.91 Å². The molecule has 24 heavy (non-hydrogen) atoms. The number of fused-ring (bicyclic) bond motifs is 1. The highest BCUT2D eigenvalue weighted by atomic mass is 32.1. The Labute approximate surface area is 144 Å². The largest absolute Gasteiger partial charge is 0.453 e. The number of ether oxygens (including phenoxy) is 1. The zero-order valence-electron chi connectivity index (χ0n) is 13.4. The average molecular weight is 345 g/mol. The van der Waals surface area contributed by atoms with E-state index in [2.05, 4.69) is 38.6 Å². The molecule has 3 rings (SSSR count). The average Bonchev–Trinajstić information content (AvgIpc) is 3.07. The number of nitrogens with one attached hydrogen (secondary N) is 2. The fourth-order valence-corrected chi connectivity index (χ4v) is 3.48. The summed E-state index contributed by atoms with van der Waals surface area (Å²) >= 11 is 1.36. The fraction of sp³-hybridized carbons (Fsp3) is 0.353. The molecule has 7 heteroatoms. The monoisotopic (exact) mass is 345 g/mol. The molecule has 6 nitrogen and oxygen atoms in total. The number of nitrogens with zero attached hydrogens (tertiary/aromatic N) is 1. The first kappa shape index (κ1) is 16.4. The molecular formula is C17H19N3O3S. The second-order valence-electron chi connectivity index (χ2n) is 5.62. The molecule has 1 aromatic carbocycles. The number of alkyl carbamates (subject to hydrolysis) is 1. The molecule has 126 valence electrons. The lowest BCUT2D eigenvalue weighted by Crippen LogP contribution is -2.32. The number of thiazole rings is 1. The lowest BCUT2D eigenvalue weighted by atomic mass is 9.90. The molecule has 0 unspecified atom stereocenters. The number of methoxy groups -OCH3 is 1. The van der Waals surface area contributed by atoms with Gasteiger partial charge in [-0.2, -0.15) is 0 Å². The van der Waals surface area contributed by atoms with Crippen molar-refractivity contribution in [2.45, 2.75) is 25.7 Å². The maximum Gasteiger partial charge on any atom is 0.407 e. The van der Waals surface area contributed by atoms with Crippen LogP contribution in [0.3, 0.4) is 0 Å². The highest BCUT2D eigenvalue weighted by molar-refractivity contribution is 7.14. The fourth-order valence-electron chi connectivity index (χ4n) is 2.74. The number of hydrogen-bond acceptors (Lipinski definition) is 5. The lowest BCUT2D eigenvalue weighted by molar-refractivity contribution is -0.115. The van der Waals surface area contributed by atoms with Crippen molar-refractivity contribution in [3.05, 3.63) is 34.7 Å². The molecule has 1 aliphatic carbocycles. The summed E-state index contributed by atoms with van der Waals surface area (Å²) in [7, 11) is 1.25. The normalized spacial score (nSPS) is 13.0. The van der Waals surface area contributed by atoms with E-state index in [9.17, 15) is 9.59 Å². The van der Waals surface area contributed by atoms with Crippen molar-refractivity contribution in [2.24, 2.45) is 0 Å². The van der Waals surface area contributed by atoms with E-state index in [1.807, 2.05) is 5.38 Å². The highest BCUT2D eigenvalue weighted by Gasteiger charge is 2.13. The molecular weight excluding hydrogens is 326 g/mol. The third-order valence-electron chi connectivity index (χ3n) is 3.97. The Kier molecular flexibility index (Phi) is 5.10. The first-order valence-corrected chi connectivity index (χ1v) is 8.73. The Balaban J connectivity index is 1.65. The SMILES string of the molecule is COC(=O)NCC(=O)Nc1nc(-c2ccc3c(c2)CCCC3)cs1. The van der Waals surface area contributed by atoms with Crippen LogP contribution in [0.4, 0.5) is 9.93 Å². The highest BCUT2D eigenvalue weighted by Crippen LogP contribution is 2.29. The molecule has 0 saturated heterocycles. The summed E-state index contributed by atoms with van der Waals surface area (Å²) in [4.78, 5) is 27.2. The summed E-state index contributed by atoms with van der Waals surface area (Å²) in [5.41, 5.74) is 4.76. The second-order valence-corrected chi connectivity index (χ2v) is 6.48. The predicted molar refractivity (Wildman–Crippen MR) is 93.2 cm³/mol. The van der Waals surface area contributed by atoms with Crippen molar-refractivity contribution in [1.29, 1.82) is 0 Å². The lowest BCUT2D eigenvalue weighted by Gasteiger charge is -2.16. The molecule has 0 bridgehead atoms. The number of benzene rings is 1. The predicted octanol–water partition coefficient (Wildman–Crippen LogP) is 2.98. The number of anilines is 1. The van der Waals surface area contributed by atoms with Gasteiger partial charge < -0.3 is 15.4 Å². The Morgan fingerprint density at radius 2 is 2.04 bits per heavy atom. The van der Waals surface area contributed by atoms with Crippen LogP contribution in [0.1, 0.15) is 24.0 Å². The Hall–Kier alpha value is -2.41. The Morgan fingerprint density at radius 1 is 1.25 bits per heavy atom. The topological polar surface area (TPSA) is 80.3 Å². The van der Waals surface area contributed by atoms with E-state index in [4.69, 9.17) is 0 Å². The van der Waals surface area contributed by atoms with Crippen molar-refractivity contribution in [1.82, 2.24) is 10.3 Å². The zero-order chi connectivity index (χ0) is 16.9. The first-order valence-electron chi connectivity index (χ1n) is 7.85. The van der Waals surface area contributed by atoms with Crippen molar-refractivity contribution < 1.29 is 14.3 Å². The molecule has 1 aliphatic rings. The van der Waals surface area contributed by atoms with Crippen LogP contribution in [-0.4, -0.2) is 30.6 Å². The molecule has 2 amide bonds. The molecule has 0 atom stereocenters. The van der Waals surface area contributed by atoms with Gasteiger partial charge in [-0.1, -0.05) is 12.1 Å². The van der Waals surface area contributed by atoms with E-state index in [1.165, 1.54) is 42.4 Å². The van der Waals surface area contributed by atoms with E-state index in [0.717, 1.165) is 24.1 Å². The van der Waals surface area contributed by atoms with E-state index >= 15 is 0 Å². The van der Waals surface area contributed by atoms with Crippen LogP contribution < -0.4 is 10.6 Å². The maximum atomic E-state index is 11.8. The molecule has 1 aromatic heterocycles. The van der Waals surface area contributed by atoms with Gasteiger partial charge in [-0.05, 0) is 42.9 Å². The number of rotatable bonds is 4. The van der Waals surface area contributed by atoms with Crippen molar-refractivity contribution in [3.63, 3.8) is 0 Å². The number of amides is 2. The maximum absolute atomic E-state index is 11.8. The van der Waals surface area contributed by atoms with Crippen molar-refractivity contribution in [3.8, 4) is 11.3 Å². The van der Waals surface area contributed by atoms with Gasteiger partial charge in [0.05, 0.1) is 12.8 Å². The minimum absolute atomic E-state index is 0.152. The van der Waals surface area contributed by atoms with Crippen molar-refractivity contribution >= 4 is 28.5 Å². The summed E-state index contributed by atoms with van der Waals surface area (Å²) in [5, 5.41) is 7.44. The number of hydrogen-bond donors (Lipinski definition) is 2. The van der Waals surface area contributed by atoms with E-state index in [-0.39, 0.29) is 12.5 Å². The first-order chi connectivity index (χ1) is 11.7. The van der Waals surface area contributed by atoms with Gasteiger partial charge in [0.15, 0.2) is 5.13 Å². The molecule has 0 radical (unpaired) electrons. The van der Waals surface area contributed by atoms with Crippen LogP contribution in [0.2, 0.25) is 0 Å². The summed E-state index contributed by atoms with van der Waals surface area (Å²) in [6.45, 7) is -0.152. The van der Waals surface area contributed by atoms with Gasteiger partial charge in [-0.25, -0.2) is 9.78 Å². The summed E-state index contributed by atoms with van der Waals surface area (Å²) in [5.74, 6) is -0.341. The quantitative estimate of drug-likeness (QED) is 0.893. The summed E-state index contributed by atoms with van der Waals surface area (Å²) < 4.78 is 4.42. The van der Waals surface area contributed by atoms with E-state index in [1.54, 1.807) is 0 Å². The van der Waals surface area contributed by atoms with E-state index in [0.29, 0.717) is 5.13 Å². The second kappa shape index (κ2) is 7.44. The van der Waals surface area contributed by atoms with E-state index < -0.39 is 6.09 Å². The Bertz CT molecular complexity index is 757. The molecule has 0 spiro atoms. The van der Waals surface area contributed by atoms with Crippen molar-refractivity contribution in [2.75, 3.05) is 19.0 Å². The zero-order valence-corrected chi connectivity index (χ0v) is 14.2. The number of aryl methyl sites for hydroxylation is 2. The molecule has 2 aromatic rings. The Morgan fingerprint density at radius 3 is 2.83 bits per heavy atom. The summed E-state index contributed by atoms with van der Waals surface area (Å²) in [6.07, 6.45) is 4.14. The van der Waals surface area contributed by atoms with Crippen LogP contribution in [0.5, 0.6) is 0 Å². The standard InChI is InChI=1S/C17H19N3O3S/c1-23-17(22)18-9-15(21)20-16-19-14(10-24-16)13-7-6-11-4-2-3-5-12(11)8-13/h6-8,10H,2-5,9H2,1H3,(H,18,22)(H,19,20,21). The smallest absolute Gasteiger partial charge is 0.407 e. The molecule has 0 fully saturated rings. The van der Waals surface area contributed by atoms with Crippen LogP contribution in [0, 0.1) is 0 Å². The van der Waals surface area contributed by atoms with Gasteiger partial charge in [0, 0.05) is 10.9 Å². The van der Waals surface area contributed by atoms with Crippen LogP contribution in [-0.2, 0) is 22.4 Å². The minimum atomic E-state index is -0.640. The molecule has 2 N–H and O–H groups in total. The molecule has 1 heterocycles. The van der Waals surface area contributed by atoms with Gasteiger partial charge in [0.1, 0.15) is 6.54 Å². The third-order valence-corrected chi connectivity index (χ3v) is 4.73. The van der Waals surface area contributed by atoms with Gasteiger partial charge in [-0.15, -0.1) is 11.3 Å². The minimum Gasteiger partial charge on any atom is -0.453 e. The summed E-state index contributed by atoms with van der Waals surface area (Å²) in [6, 6.07) is 6.47. The number of carbonyl (C=O) groups is 2. The van der Waals surface area contributed by atoms with Gasteiger partial charge in [0.25, 0.3) is 0 Å². The van der Waals surface area contributed by atoms with Crippen LogP contribution in [0.25, 0.3) is 11.3 Å². The molecule has 0 aliphatic heterocycles. The number of aromatic nitrogens is 1. The van der Waals surface area contributed by atoms with Crippen LogP contribution in [0.15, 0.2) is 23.6 Å². The third kappa shape index (κ3) is 3.91. The van der Waals surface area contributed by atoms with Gasteiger partial charge >= 0.3 is 6.09 Å². The molecule has 0 saturated carbocycles. The number of carbonyl (C=O) groups excluding carboxylic acids is 2.